The Morgan fingerprint density at radius 3 is 2.79 bits per heavy atom. The van der Waals surface area contributed by atoms with Crippen LogP contribution in [-0.4, -0.2) is 24.5 Å². The molecule has 3 rings (SSSR count). The predicted octanol–water partition coefficient (Wildman–Crippen LogP) is 0.992. The van der Waals surface area contributed by atoms with Crippen LogP contribution in [0, 0.1) is 0 Å². The van der Waals surface area contributed by atoms with E-state index in [1.165, 1.54) is 5.39 Å². The highest BCUT2D eigenvalue weighted by Crippen LogP contribution is 2.17. The first-order chi connectivity index (χ1) is 9.25. The second kappa shape index (κ2) is 4.81. The second-order valence-corrected chi connectivity index (χ2v) is 4.55. The number of nitrogens with one attached hydrogen (secondary N) is 1. The van der Waals surface area contributed by atoms with Gasteiger partial charge in [0.05, 0.1) is 17.8 Å². The Kier molecular flexibility index (Phi) is 3.00. The van der Waals surface area contributed by atoms with Crippen LogP contribution in [0.15, 0.2) is 30.6 Å². The number of para-hydroxylation sites is 1. The Morgan fingerprint density at radius 2 is 2.00 bits per heavy atom. The Morgan fingerprint density at radius 1 is 1.16 bits per heavy atom. The Hall–Kier alpha value is -2.21. The van der Waals surface area contributed by atoms with Crippen LogP contribution in [0.4, 0.5) is 0 Å². The molecule has 2 aromatic heterocycles. The number of aryl methyl sites for hydroxylation is 2. The Balaban J connectivity index is 1.74. The van der Waals surface area contributed by atoms with Gasteiger partial charge < -0.3 is 9.88 Å². The summed E-state index contributed by atoms with van der Waals surface area (Å²) < 4.78 is 3.82. The van der Waals surface area contributed by atoms with E-state index in [4.69, 9.17) is 0 Å². The van der Waals surface area contributed by atoms with Crippen molar-refractivity contribution in [2.45, 2.75) is 13.1 Å². The molecule has 19 heavy (non-hydrogen) atoms. The van der Waals surface area contributed by atoms with E-state index in [2.05, 4.69) is 32.7 Å². The molecule has 0 saturated carbocycles. The molecule has 0 fully saturated rings. The summed E-state index contributed by atoms with van der Waals surface area (Å²) in [6, 6.07) is 8.24. The summed E-state index contributed by atoms with van der Waals surface area (Å²) in [5.41, 5.74) is 2.21. The van der Waals surface area contributed by atoms with Gasteiger partial charge in [-0.1, -0.05) is 18.2 Å². The van der Waals surface area contributed by atoms with Crippen LogP contribution < -0.4 is 5.32 Å². The molecular weight excluding hydrogens is 240 g/mol. The Bertz CT molecular complexity index is 696. The molecule has 0 aliphatic heterocycles. The maximum Gasteiger partial charge on any atom is 0.146 e. The van der Waals surface area contributed by atoms with Gasteiger partial charge in [-0.3, -0.25) is 4.68 Å². The van der Waals surface area contributed by atoms with Crippen LogP contribution in [0.2, 0.25) is 0 Å². The SMILES string of the molecule is Cn1cnnc1CNCc1nn(C)c2ccccc12. The van der Waals surface area contributed by atoms with Crippen molar-refractivity contribution in [2.75, 3.05) is 0 Å². The smallest absolute Gasteiger partial charge is 0.146 e. The van der Waals surface area contributed by atoms with Crippen LogP contribution in [0.25, 0.3) is 10.9 Å². The molecule has 0 aliphatic carbocycles. The molecule has 6 heteroatoms. The topological polar surface area (TPSA) is 60.6 Å². The van der Waals surface area contributed by atoms with Gasteiger partial charge in [-0.15, -0.1) is 10.2 Å². The predicted molar refractivity (Wildman–Crippen MR) is 72.3 cm³/mol. The maximum atomic E-state index is 4.54. The average molecular weight is 256 g/mol. The van der Waals surface area contributed by atoms with Crippen molar-refractivity contribution in [1.82, 2.24) is 29.9 Å². The molecule has 6 nitrogen and oxygen atoms in total. The van der Waals surface area contributed by atoms with E-state index in [-0.39, 0.29) is 0 Å². The van der Waals surface area contributed by atoms with Crippen LogP contribution >= 0.6 is 0 Å². The van der Waals surface area contributed by atoms with Gasteiger partial charge in [-0.2, -0.15) is 5.10 Å². The number of hydrogen-bond donors (Lipinski definition) is 1. The summed E-state index contributed by atoms with van der Waals surface area (Å²) in [6.07, 6.45) is 1.70. The fourth-order valence-electron chi connectivity index (χ4n) is 2.18. The second-order valence-electron chi connectivity index (χ2n) is 4.55. The molecule has 0 amide bonds. The first kappa shape index (κ1) is 11.9. The normalized spacial score (nSPS) is 11.3. The van der Waals surface area contributed by atoms with Crippen LogP contribution in [-0.2, 0) is 27.2 Å². The summed E-state index contributed by atoms with van der Waals surface area (Å²) in [4.78, 5) is 0. The highest BCUT2D eigenvalue weighted by atomic mass is 15.3. The van der Waals surface area contributed by atoms with Crippen molar-refractivity contribution in [3.63, 3.8) is 0 Å². The summed E-state index contributed by atoms with van der Waals surface area (Å²) in [5, 5.41) is 17.0. The summed E-state index contributed by atoms with van der Waals surface area (Å²) >= 11 is 0. The zero-order chi connectivity index (χ0) is 13.2. The number of rotatable bonds is 4. The van der Waals surface area contributed by atoms with E-state index in [9.17, 15) is 0 Å². The highest BCUT2D eigenvalue weighted by molar-refractivity contribution is 5.81. The van der Waals surface area contributed by atoms with Crippen molar-refractivity contribution in [1.29, 1.82) is 0 Å². The number of benzene rings is 1. The molecule has 0 bridgehead atoms. The van der Waals surface area contributed by atoms with Crippen molar-refractivity contribution in [3.05, 3.63) is 42.1 Å². The molecule has 0 spiro atoms. The Labute approximate surface area is 111 Å². The van der Waals surface area contributed by atoms with Crippen LogP contribution in [0.1, 0.15) is 11.5 Å². The van der Waals surface area contributed by atoms with Crippen molar-refractivity contribution in [3.8, 4) is 0 Å². The van der Waals surface area contributed by atoms with Gasteiger partial charge in [0.25, 0.3) is 0 Å². The van der Waals surface area contributed by atoms with Crippen LogP contribution in [0.3, 0.4) is 0 Å². The molecular formula is C13H16N6. The molecule has 0 unspecified atom stereocenters. The lowest BCUT2D eigenvalue weighted by Crippen LogP contribution is -2.16. The summed E-state index contributed by atoms with van der Waals surface area (Å²) in [6.45, 7) is 1.40. The van der Waals surface area contributed by atoms with Gasteiger partial charge in [-0.25, -0.2) is 0 Å². The monoisotopic (exact) mass is 256 g/mol. The van der Waals surface area contributed by atoms with E-state index in [1.807, 2.05) is 35.5 Å². The van der Waals surface area contributed by atoms with E-state index >= 15 is 0 Å². The molecule has 98 valence electrons. The van der Waals surface area contributed by atoms with Crippen molar-refractivity contribution in [2.24, 2.45) is 14.1 Å². The molecule has 0 aliphatic rings. The fourth-order valence-corrected chi connectivity index (χ4v) is 2.18. The van der Waals surface area contributed by atoms with Gasteiger partial charge in [0.2, 0.25) is 0 Å². The minimum absolute atomic E-state index is 0.682. The standard InChI is InChI=1S/C13H16N6/c1-18-9-15-16-13(18)8-14-7-11-10-5-3-4-6-12(10)19(2)17-11/h3-6,9,14H,7-8H2,1-2H3. The van der Waals surface area contributed by atoms with Crippen LogP contribution in [0.5, 0.6) is 0 Å². The maximum absolute atomic E-state index is 4.54. The van der Waals surface area contributed by atoms with Gasteiger partial charge in [-0.05, 0) is 6.07 Å². The lowest BCUT2D eigenvalue weighted by molar-refractivity contribution is 0.621. The first-order valence-corrected chi connectivity index (χ1v) is 6.20. The molecule has 2 heterocycles. The molecule has 0 atom stereocenters. The number of hydrogen-bond acceptors (Lipinski definition) is 4. The average Bonchev–Trinajstić information content (AvgIpc) is 2.96. The molecule has 0 radical (unpaired) electrons. The van der Waals surface area contributed by atoms with Gasteiger partial charge in [0.1, 0.15) is 12.2 Å². The largest absolute Gasteiger partial charge is 0.320 e. The fraction of sp³-hybridized carbons (Fsp3) is 0.308. The molecule has 1 aromatic carbocycles. The molecule has 0 saturated heterocycles. The van der Waals surface area contributed by atoms with E-state index < -0.39 is 0 Å². The zero-order valence-electron chi connectivity index (χ0n) is 11.0. The van der Waals surface area contributed by atoms with Gasteiger partial charge in [0, 0.05) is 26.0 Å². The summed E-state index contributed by atoms with van der Waals surface area (Å²) in [5.74, 6) is 0.917. The van der Waals surface area contributed by atoms with Crippen molar-refractivity contribution < 1.29 is 0 Å². The quantitative estimate of drug-likeness (QED) is 0.756. The molecule has 3 aromatic rings. The minimum atomic E-state index is 0.682. The van der Waals surface area contributed by atoms with Gasteiger partial charge in [0.15, 0.2) is 0 Å². The highest BCUT2D eigenvalue weighted by Gasteiger charge is 2.07. The van der Waals surface area contributed by atoms with E-state index in [0.717, 1.165) is 17.0 Å². The van der Waals surface area contributed by atoms with E-state index in [1.54, 1.807) is 6.33 Å². The third-order valence-electron chi connectivity index (χ3n) is 3.22. The number of fused-ring (bicyclic) bond motifs is 1. The van der Waals surface area contributed by atoms with E-state index in [0.29, 0.717) is 13.1 Å². The first-order valence-electron chi connectivity index (χ1n) is 6.20. The third kappa shape index (κ3) is 2.22. The van der Waals surface area contributed by atoms with Crippen molar-refractivity contribution >= 4 is 10.9 Å². The number of nitrogens with zero attached hydrogens (tertiary/aromatic N) is 5. The molecule has 1 N–H and O–H groups in total. The third-order valence-corrected chi connectivity index (χ3v) is 3.22. The summed E-state index contributed by atoms with van der Waals surface area (Å²) in [7, 11) is 3.90. The number of aromatic nitrogens is 5. The van der Waals surface area contributed by atoms with Gasteiger partial charge >= 0.3 is 0 Å². The lowest BCUT2D eigenvalue weighted by Gasteiger charge is -2.02. The minimum Gasteiger partial charge on any atom is -0.320 e. The lowest BCUT2D eigenvalue weighted by atomic mass is 10.2. The zero-order valence-corrected chi connectivity index (χ0v) is 11.0.